The zero-order valence-corrected chi connectivity index (χ0v) is 19.5. The van der Waals surface area contributed by atoms with Crippen LogP contribution in [0.3, 0.4) is 0 Å². The van der Waals surface area contributed by atoms with Crippen LogP contribution >= 0.6 is 0 Å². The molecule has 1 saturated carbocycles. The van der Waals surface area contributed by atoms with Crippen LogP contribution in [0, 0.1) is 11.8 Å². The molecule has 2 fully saturated rings. The molecule has 9 heteroatoms. The summed E-state index contributed by atoms with van der Waals surface area (Å²) in [7, 11) is -3.65. The predicted octanol–water partition coefficient (Wildman–Crippen LogP) is 2.10. The number of nitrogens with one attached hydrogen (secondary N) is 2. The maximum atomic E-state index is 12.9. The quantitative estimate of drug-likeness (QED) is 0.453. The van der Waals surface area contributed by atoms with E-state index < -0.39 is 10.0 Å². The van der Waals surface area contributed by atoms with E-state index in [0.717, 1.165) is 25.7 Å². The number of carbonyl (C=O) groups is 3. The normalized spacial score (nSPS) is 18.8. The van der Waals surface area contributed by atoms with Crippen molar-refractivity contribution in [3.63, 3.8) is 0 Å². The van der Waals surface area contributed by atoms with Gasteiger partial charge in [0, 0.05) is 43.6 Å². The highest BCUT2D eigenvalue weighted by Gasteiger charge is 2.32. The standard InChI is InChI=1S/C23H33N3O5S/c1-17(27)18-7-9-21(10-8-18)32(30,31)26-15-11-20(12-16-26)23(29)25-14-13-24-22(28)19-5-3-2-4-6-19/h7-10,19-20H,2-6,11-16H2,1H3,(H,24,28)(H,25,29). The Kier molecular flexibility index (Phi) is 8.42. The van der Waals surface area contributed by atoms with E-state index in [9.17, 15) is 22.8 Å². The summed E-state index contributed by atoms with van der Waals surface area (Å²) in [6.07, 6.45) is 6.20. The van der Waals surface area contributed by atoms with Crippen molar-refractivity contribution in [2.24, 2.45) is 11.8 Å². The first-order valence-electron chi connectivity index (χ1n) is 11.5. The Bertz CT molecular complexity index is 915. The van der Waals surface area contributed by atoms with E-state index in [2.05, 4.69) is 10.6 Å². The molecule has 1 aromatic rings. The van der Waals surface area contributed by atoms with Crippen molar-refractivity contribution < 1.29 is 22.8 Å². The first kappa shape index (κ1) is 24.4. The molecule has 0 aromatic heterocycles. The lowest BCUT2D eigenvalue weighted by atomic mass is 9.89. The minimum atomic E-state index is -3.65. The van der Waals surface area contributed by atoms with Gasteiger partial charge in [-0.15, -0.1) is 0 Å². The van der Waals surface area contributed by atoms with Gasteiger partial charge in [0.15, 0.2) is 5.78 Å². The Morgan fingerprint density at radius 3 is 1.84 bits per heavy atom. The van der Waals surface area contributed by atoms with E-state index in [1.165, 1.54) is 41.9 Å². The molecule has 0 unspecified atom stereocenters. The van der Waals surface area contributed by atoms with Crippen LogP contribution < -0.4 is 10.6 Å². The molecule has 0 atom stereocenters. The third-order valence-corrected chi connectivity index (χ3v) is 8.34. The van der Waals surface area contributed by atoms with Gasteiger partial charge in [-0.2, -0.15) is 4.31 Å². The summed E-state index contributed by atoms with van der Waals surface area (Å²) in [6, 6.07) is 5.93. The summed E-state index contributed by atoms with van der Waals surface area (Å²) in [5, 5.41) is 5.76. The van der Waals surface area contributed by atoms with Gasteiger partial charge in [-0.25, -0.2) is 8.42 Å². The van der Waals surface area contributed by atoms with E-state index >= 15 is 0 Å². The Hall–Kier alpha value is -2.26. The number of amides is 2. The Balaban J connectivity index is 1.41. The van der Waals surface area contributed by atoms with Crippen molar-refractivity contribution in [1.29, 1.82) is 0 Å². The molecule has 0 radical (unpaired) electrons. The number of sulfonamides is 1. The van der Waals surface area contributed by atoms with Gasteiger partial charge >= 0.3 is 0 Å². The fourth-order valence-corrected chi connectivity index (χ4v) is 5.86. The molecule has 3 rings (SSSR count). The summed E-state index contributed by atoms with van der Waals surface area (Å²) in [5.41, 5.74) is 0.467. The number of hydrogen-bond donors (Lipinski definition) is 2. The fraction of sp³-hybridized carbons (Fsp3) is 0.609. The maximum Gasteiger partial charge on any atom is 0.243 e. The molecule has 0 spiro atoms. The molecule has 2 aliphatic rings. The van der Waals surface area contributed by atoms with Gasteiger partial charge in [0.2, 0.25) is 21.8 Å². The number of Topliss-reactive ketones (excluding diaryl/α,β-unsaturated/α-hetero) is 1. The summed E-state index contributed by atoms with van der Waals surface area (Å²) in [6.45, 7) is 2.76. The average Bonchev–Trinajstić information content (AvgIpc) is 2.82. The van der Waals surface area contributed by atoms with Crippen LogP contribution in [0.5, 0.6) is 0 Å². The second kappa shape index (κ2) is 11.0. The molecule has 2 amide bonds. The Morgan fingerprint density at radius 2 is 1.34 bits per heavy atom. The van der Waals surface area contributed by atoms with Gasteiger partial charge in [0.05, 0.1) is 4.90 Å². The number of hydrogen-bond acceptors (Lipinski definition) is 5. The molecular weight excluding hydrogens is 430 g/mol. The van der Waals surface area contributed by atoms with Crippen LogP contribution in [-0.4, -0.2) is 56.5 Å². The Morgan fingerprint density at radius 1 is 0.844 bits per heavy atom. The lowest BCUT2D eigenvalue weighted by Crippen LogP contribution is -2.44. The van der Waals surface area contributed by atoms with Crippen molar-refractivity contribution in [1.82, 2.24) is 14.9 Å². The highest BCUT2D eigenvalue weighted by Crippen LogP contribution is 2.25. The highest BCUT2D eigenvalue weighted by atomic mass is 32.2. The van der Waals surface area contributed by atoms with Crippen LogP contribution in [0.2, 0.25) is 0 Å². The van der Waals surface area contributed by atoms with Crippen molar-refractivity contribution in [3.8, 4) is 0 Å². The van der Waals surface area contributed by atoms with Crippen molar-refractivity contribution >= 4 is 27.6 Å². The molecular formula is C23H33N3O5S. The molecule has 176 valence electrons. The molecule has 8 nitrogen and oxygen atoms in total. The van der Waals surface area contributed by atoms with Gasteiger partial charge in [-0.05, 0) is 44.7 Å². The van der Waals surface area contributed by atoms with Crippen molar-refractivity contribution in [2.45, 2.75) is 56.8 Å². The van der Waals surface area contributed by atoms with Crippen LogP contribution in [0.1, 0.15) is 62.2 Å². The number of benzene rings is 1. The number of ketones is 1. The second-order valence-corrected chi connectivity index (χ2v) is 10.6. The third-order valence-electron chi connectivity index (χ3n) is 6.42. The summed E-state index contributed by atoms with van der Waals surface area (Å²) in [5.74, 6) is -0.275. The summed E-state index contributed by atoms with van der Waals surface area (Å²) < 4.78 is 27.1. The average molecular weight is 464 g/mol. The number of carbonyl (C=O) groups excluding carboxylic acids is 3. The zero-order valence-electron chi connectivity index (χ0n) is 18.6. The topological polar surface area (TPSA) is 113 Å². The molecule has 1 saturated heterocycles. The number of rotatable bonds is 8. The summed E-state index contributed by atoms with van der Waals surface area (Å²) >= 11 is 0. The van der Waals surface area contributed by atoms with Crippen molar-refractivity contribution in [3.05, 3.63) is 29.8 Å². The van der Waals surface area contributed by atoms with E-state index in [4.69, 9.17) is 0 Å². The monoisotopic (exact) mass is 463 g/mol. The van der Waals surface area contributed by atoms with Crippen LogP contribution in [0.25, 0.3) is 0 Å². The first-order valence-corrected chi connectivity index (χ1v) is 12.9. The molecule has 32 heavy (non-hydrogen) atoms. The molecule has 1 aromatic carbocycles. The molecule has 1 aliphatic heterocycles. The lowest BCUT2D eigenvalue weighted by molar-refractivity contribution is -0.127. The van der Waals surface area contributed by atoms with E-state index in [1.54, 1.807) is 0 Å². The molecule has 1 heterocycles. The SMILES string of the molecule is CC(=O)c1ccc(S(=O)(=O)N2CCC(C(=O)NCCNC(=O)C3CCCCC3)CC2)cc1. The van der Waals surface area contributed by atoms with E-state index in [0.29, 0.717) is 31.5 Å². The first-order chi connectivity index (χ1) is 15.3. The largest absolute Gasteiger partial charge is 0.354 e. The minimum absolute atomic E-state index is 0.0776. The van der Waals surface area contributed by atoms with E-state index in [-0.39, 0.29) is 47.4 Å². The molecule has 2 N–H and O–H groups in total. The highest BCUT2D eigenvalue weighted by molar-refractivity contribution is 7.89. The summed E-state index contributed by atoms with van der Waals surface area (Å²) in [4.78, 5) is 36.1. The second-order valence-electron chi connectivity index (χ2n) is 8.68. The molecule has 1 aliphatic carbocycles. The van der Waals surface area contributed by atoms with Crippen LogP contribution in [0.4, 0.5) is 0 Å². The zero-order chi connectivity index (χ0) is 23.1. The fourth-order valence-electron chi connectivity index (χ4n) is 4.39. The lowest BCUT2D eigenvalue weighted by Gasteiger charge is -2.30. The van der Waals surface area contributed by atoms with Gasteiger partial charge in [-0.1, -0.05) is 31.4 Å². The minimum Gasteiger partial charge on any atom is -0.354 e. The van der Waals surface area contributed by atoms with Crippen molar-refractivity contribution in [2.75, 3.05) is 26.2 Å². The predicted molar refractivity (Wildman–Crippen MR) is 121 cm³/mol. The number of nitrogens with zero attached hydrogens (tertiary/aromatic N) is 1. The maximum absolute atomic E-state index is 12.9. The third kappa shape index (κ3) is 6.16. The number of piperidine rings is 1. The van der Waals surface area contributed by atoms with Gasteiger partial charge in [-0.3, -0.25) is 14.4 Å². The Labute approximate surface area is 190 Å². The smallest absolute Gasteiger partial charge is 0.243 e. The van der Waals surface area contributed by atoms with Gasteiger partial charge < -0.3 is 10.6 Å². The van der Waals surface area contributed by atoms with Gasteiger partial charge in [0.1, 0.15) is 0 Å². The van der Waals surface area contributed by atoms with E-state index in [1.807, 2.05) is 0 Å². The van der Waals surface area contributed by atoms with Gasteiger partial charge in [0.25, 0.3) is 0 Å². The molecule has 0 bridgehead atoms. The van der Waals surface area contributed by atoms with Crippen LogP contribution in [-0.2, 0) is 19.6 Å². The van der Waals surface area contributed by atoms with Crippen LogP contribution in [0.15, 0.2) is 29.2 Å².